The number of anilines is 1. The normalized spacial score (nSPS) is 19.1. The summed E-state index contributed by atoms with van der Waals surface area (Å²) < 4.78 is 0. The SMILES string of the molecule is CN(CC(=O)O)c1ncc(CN2CC[C@@H](N(C)C)C2)cn1. The number of rotatable bonds is 6. The number of nitrogens with zero attached hydrogens (tertiary/aromatic N) is 5. The van der Waals surface area contributed by atoms with Gasteiger partial charge in [0.25, 0.3) is 0 Å². The largest absolute Gasteiger partial charge is 0.480 e. The molecular formula is C14H23N5O2. The second kappa shape index (κ2) is 6.82. The Kier molecular flexibility index (Phi) is 5.08. The molecule has 21 heavy (non-hydrogen) atoms. The van der Waals surface area contributed by atoms with Gasteiger partial charge in [-0.05, 0) is 20.5 Å². The Hall–Kier alpha value is -1.73. The summed E-state index contributed by atoms with van der Waals surface area (Å²) in [4.78, 5) is 25.3. The molecule has 0 saturated carbocycles. The highest BCUT2D eigenvalue weighted by atomic mass is 16.4. The van der Waals surface area contributed by atoms with E-state index >= 15 is 0 Å². The van der Waals surface area contributed by atoms with E-state index in [1.54, 1.807) is 19.4 Å². The first-order valence-electron chi connectivity index (χ1n) is 7.08. The van der Waals surface area contributed by atoms with Crippen LogP contribution >= 0.6 is 0 Å². The third kappa shape index (κ3) is 4.37. The van der Waals surface area contributed by atoms with Crippen LogP contribution in [0.25, 0.3) is 0 Å². The number of hydrogen-bond acceptors (Lipinski definition) is 6. The van der Waals surface area contributed by atoms with Gasteiger partial charge >= 0.3 is 5.97 Å². The lowest BCUT2D eigenvalue weighted by molar-refractivity contribution is -0.135. The van der Waals surface area contributed by atoms with Gasteiger partial charge in [0.1, 0.15) is 6.54 Å². The molecule has 0 bridgehead atoms. The van der Waals surface area contributed by atoms with Crippen molar-refractivity contribution in [2.45, 2.75) is 19.0 Å². The number of hydrogen-bond donors (Lipinski definition) is 1. The number of likely N-dealkylation sites (tertiary alicyclic amines) is 1. The highest BCUT2D eigenvalue weighted by Crippen LogP contribution is 2.16. The number of carbonyl (C=O) groups is 1. The van der Waals surface area contributed by atoms with Crippen molar-refractivity contribution in [2.24, 2.45) is 0 Å². The average Bonchev–Trinajstić information content (AvgIpc) is 2.87. The number of carboxylic acid groups (broad SMARTS) is 1. The summed E-state index contributed by atoms with van der Waals surface area (Å²) >= 11 is 0. The first-order chi connectivity index (χ1) is 9.95. The Morgan fingerprint density at radius 1 is 1.38 bits per heavy atom. The molecule has 0 spiro atoms. The molecule has 1 aromatic rings. The van der Waals surface area contributed by atoms with Gasteiger partial charge in [0.05, 0.1) is 0 Å². The minimum atomic E-state index is -0.892. The van der Waals surface area contributed by atoms with Gasteiger partial charge in [-0.3, -0.25) is 9.69 Å². The van der Waals surface area contributed by atoms with Crippen molar-refractivity contribution in [3.05, 3.63) is 18.0 Å². The third-order valence-corrected chi connectivity index (χ3v) is 3.79. The Balaban J connectivity index is 1.89. The Bertz CT molecular complexity index is 477. The number of aliphatic carboxylic acids is 1. The van der Waals surface area contributed by atoms with E-state index in [0.717, 1.165) is 25.2 Å². The summed E-state index contributed by atoms with van der Waals surface area (Å²) in [5, 5.41) is 8.75. The quantitative estimate of drug-likeness (QED) is 0.799. The molecule has 0 aliphatic carbocycles. The molecule has 7 heteroatoms. The molecule has 0 aromatic carbocycles. The van der Waals surface area contributed by atoms with Crippen molar-refractivity contribution >= 4 is 11.9 Å². The maximum Gasteiger partial charge on any atom is 0.323 e. The fraction of sp³-hybridized carbons (Fsp3) is 0.643. The molecule has 2 heterocycles. The second-order valence-electron chi connectivity index (χ2n) is 5.78. The first kappa shape index (κ1) is 15.7. The van der Waals surface area contributed by atoms with Crippen molar-refractivity contribution < 1.29 is 9.90 Å². The van der Waals surface area contributed by atoms with E-state index in [-0.39, 0.29) is 6.54 Å². The maximum atomic E-state index is 10.7. The minimum Gasteiger partial charge on any atom is -0.480 e. The van der Waals surface area contributed by atoms with E-state index in [1.807, 2.05) is 0 Å². The second-order valence-corrected chi connectivity index (χ2v) is 5.78. The summed E-state index contributed by atoms with van der Waals surface area (Å²) in [6, 6.07) is 0.617. The van der Waals surface area contributed by atoms with Gasteiger partial charge in [-0.15, -0.1) is 0 Å². The van der Waals surface area contributed by atoms with Gasteiger partial charge in [0.2, 0.25) is 5.95 Å². The van der Waals surface area contributed by atoms with Gasteiger partial charge in [-0.2, -0.15) is 0 Å². The Labute approximate surface area is 125 Å². The van der Waals surface area contributed by atoms with Crippen molar-refractivity contribution in [3.63, 3.8) is 0 Å². The molecule has 1 aromatic heterocycles. The van der Waals surface area contributed by atoms with E-state index in [4.69, 9.17) is 5.11 Å². The Morgan fingerprint density at radius 2 is 2.05 bits per heavy atom. The van der Waals surface area contributed by atoms with Crippen LogP contribution < -0.4 is 4.90 Å². The van der Waals surface area contributed by atoms with Crippen LogP contribution in [0.4, 0.5) is 5.95 Å². The van der Waals surface area contributed by atoms with Crippen LogP contribution in [0.1, 0.15) is 12.0 Å². The zero-order valence-electron chi connectivity index (χ0n) is 12.9. The highest BCUT2D eigenvalue weighted by Gasteiger charge is 2.23. The molecule has 2 rings (SSSR count). The van der Waals surface area contributed by atoms with Crippen LogP contribution in [0.15, 0.2) is 12.4 Å². The molecule has 1 atom stereocenters. The van der Waals surface area contributed by atoms with Crippen LogP contribution in [-0.2, 0) is 11.3 Å². The minimum absolute atomic E-state index is 0.101. The summed E-state index contributed by atoms with van der Waals surface area (Å²) in [6.07, 6.45) is 4.75. The summed E-state index contributed by atoms with van der Waals surface area (Å²) in [7, 11) is 5.90. The van der Waals surface area contributed by atoms with Crippen LogP contribution in [0.2, 0.25) is 0 Å². The smallest absolute Gasteiger partial charge is 0.323 e. The molecule has 116 valence electrons. The fourth-order valence-corrected chi connectivity index (χ4v) is 2.54. The van der Waals surface area contributed by atoms with E-state index in [9.17, 15) is 4.79 Å². The highest BCUT2D eigenvalue weighted by molar-refractivity contribution is 5.72. The maximum absolute atomic E-state index is 10.7. The molecule has 1 saturated heterocycles. The van der Waals surface area contributed by atoms with Crippen LogP contribution in [0.3, 0.4) is 0 Å². The van der Waals surface area contributed by atoms with Crippen molar-refractivity contribution in [3.8, 4) is 0 Å². The monoisotopic (exact) mass is 293 g/mol. The standard InChI is InChI=1S/C14H23N5O2/c1-17(2)12-4-5-19(9-12)8-11-6-15-14(16-7-11)18(3)10-13(20)21/h6-7,12H,4-5,8-10H2,1-3H3,(H,20,21)/t12-/m1/s1. The van der Waals surface area contributed by atoms with Gasteiger partial charge in [-0.1, -0.05) is 0 Å². The molecule has 0 amide bonds. The van der Waals surface area contributed by atoms with Crippen LogP contribution in [-0.4, -0.2) is 77.7 Å². The van der Waals surface area contributed by atoms with Gasteiger partial charge in [0.15, 0.2) is 0 Å². The van der Waals surface area contributed by atoms with E-state index in [1.165, 1.54) is 11.3 Å². The van der Waals surface area contributed by atoms with Gasteiger partial charge in [-0.25, -0.2) is 9.97 Å². The van der Waals surface area contributed by atoms with Crippen LogP contribution in [0.5, 0.6) is 0 Å². The zero-order chi connectivity index (χ0) is 15.4. The molecule has 0 unspecified atom stereocenters. The van der Waals surface area contributed by atoms with Crippen molar-refractivity contribution in [1.82, 2.24) is 19.8 Å². The molecule has 1 fully saturated rings. The lowest BCUT2D eigenvalue weighted by Gasteiger charge is -2.20. The van der Waals surface area contributed by atoms with E-state index < -0.39 is 5.97 Å². The van der Waals surface area contributed by atoms with Gasteiger partial charge < -0.3 is 14.9 Å². The fourth-order valence-electron chi connectivity index (χ4n) is 2.54. The molecule has 7 nitrogen and oxygen atoms in total. The molecule has 1 N–H and O–H groups in total. The molecule has 1 aliphatic rings. The number of likely N-dealkylation sites (N-methyl/N-ethyl adjacent to an activating group) is 2. The summed E-state index contributed by atoms with van der Waals surface area (Å²) in [5.74, 6) is -0.453. The lowest BCUT2D eigenvalue weighted by Crippen LogP contribution is -2.31. The molecule has 1 aliphatic heterocycles. The number of carboxylic acids is 1. The van der Waals surface area contributed by atoms with Crippen molar-refractivity contribution in [2.75, 3.05) is 45.7 Å². The van der Waals surface area contributed by atoms with E-state index in [2.05, 4.69) is 33.9 Å². The van der Waals surface area contributed by atoms with Crippen molar-refractivity contribution in [1.29, 1.82) is 0 Å². The molecule has 0 radical (unpaired) electrons. The number of aromatic nitrogens is 2. The Morgan fingerprint density at radius 3 is 2.57 bits per heavy atom. The average molecular weight is 293 g/mol. The predicted octanol–water partition coefficient (Wildman–Crippen LogP) is 0.133. The molecular weight excluding hydrogens is 270 g/mol. The van der Waals surface area contributed by atoms with Crippen LogP contribution in [0, 0.1) is 0 Å². The lowest BCUT2D eigenvalue weighted by atomic mass is 10.2. The summed E-state index contributed by atoms with van der Waals surface area (Å²) in [5.41, 5.74) is 1.06. The summed E-state index contributed by atoms with van der Waals surface area (Å²) in [6.45, 7) is 2.89. The van der Waals surface area contributed by atoms with E-state index in [0.29, 0.717) is 12.0 Å². The topological polar surface area (TPSA) is 72.8 Å². The zero-order valence-corrected chi connectivity index (χ0v) is 12.9. The predicted molar refractivity (Wildman–Crippen MR) is 80.3 cm³/mol. The first-order valence-corrected chi connectivity index (χ1v) is 7.08. The third-order valence-electron chi connectivity index (χ3n) is 3.79. The van der Waals surface area contributed by atoms with Gasteiger partial charge in [0, 0.05) is 50.7 Å².